The van der Waals surface area contributed by atoms with Gasteiger partial charge in [0.2, 0.25) is 5.65 Å². The molecular formula is C15H17ClN8. The minimum absolute atomic E-state index is 0.0986. The average Bonchev–Trinajstić information content (AvgIpc) is 2.98. The fourth-order valence-corrected chi connectivity index (χ4v) is 3.08. The van der Waals surface area contributed by atoms with Gasteiger partial charge in [-0.15, -0.1) is 5.10 Å². The van der Waals surface area contributed by atoms with E-state index in [1.165, 1.54) is 0 Å². The fourth-order valence-electron chi connectivity index (χ4n) is 2.87. The lowest BCUT2D eigenvalue weighted by Gasteiger charge is -2.37. The van der Waals surface area contributed by atoms with Crippen LogP contribution in [0.4, 0.5) is 5.82 Å². The van der Waals surface area contributed by atoms with Crippen molar-refractivity contribution in [3.63, 3.8) is 0 Å². The lowest BCUT2D eigenvalue weighted by molar-refractivity contribution is 0.363. The van der Waals surface area contributed by atoms with Crippen LogP contribution < -0.4 is 10.6 Å². The summed E-state index contributed by atoms with van der Waals surface area (Å²) in [5.41, 5.74) is 8.70. The van der Waals surface area contributed by atoms with Crippen LogP contribution in [0.3, 0.4) is 0 Å². The van der Waals surface area contributed by atoms with Crippen LogP contribution in [0.2, 0.25) is 5.15 Å². The van der Waals surface area contributed by atoms with Gasteiger partial charge in [0.25, 0.3) is 0 Å². The van der Waals surface area contributed by atoms with Gasteiger partial charge in [0.15, 0.2) is 5.15 Å². The molecule has 0 aromatic carbocycles. The molecule has 1 saturated heterocycles. The summed E-state index contributed by atoms with van der Waals surface area (Å²) in [7, 11) is 0. The molecule has 3 N–H and O–H groups in total. The second-order valence-corrected chi connectivity index (χ2v) is 6.73. The fraction of sp³-hybridized carbons (Fsp3) is 0.400. The average molecular weight is 345 g/mol. The number of nitrogens with two attached hydrogens (primary N) is 1. The zero-order valence-electron chi connectivity index (χ0n) is 13.2. The zero-order chi connectivity index (χ0) is 16.7. The SMILES string of the molecule is CC1(N)CCN(c2cnc3c(-c4ccnnc4Cl)[nH]nc3n2)CC1. The van der Waals surface area contributed by atoms with E-state index in [0.717, 1.165) is 31.7 Å². The maximum atomic E-state index is 6.19. The number of halogens is 1. The van der Waals surface area contributed by atoms with Crippen molar-refractivity contribution in [3.8, 4) is 11.3 Å². The highest BCUT2D eigenvalue weighted by atomic mass is 35.5. The Morgan fingerprint density at radius 3 is 2.88 bits per heavy atom. The predicted octanol–water partition coefficient (Wildman–Crippen LogP) is 1.78. The summed E-state index contributed by atoms with van der Waals surface area (Å²) in [6.45, 7) is 3.82. The number of anilines is 1. The van der Waals surface area contributed by atoms with E-state index in [-0.39, 0.29) is 5.54 Å². The molecule has 0 saturated carbocycles. The largest absolute Gasteiger partial charge is 0.355 e. The third kappa shape index (κ3) is 2.67. The van der Waals surface area contributed by atoms with Crippen LogP contribution in [0, 0.1) is 0 Å². The highest BCUT2D eigenvalue weighted by molar-refractivity contribution is 6.32. The number of rotatable bonds is 2. The first-order chi connectivity index (χ1) is 11.5. The molecule has 24 heavy (non-hydrogen) atoms. The highest BCUT2D eigenvalue weighted by Crippen LogP contribution is 2.29. The van der Waals surface area contributed by atoms with E-state index in [4.69, 9.17) is 17.3 Å². The van der Waals surface area contributed by atoms with Crippen molar-refractivity contribution >= 4 is 28.6 Å². The molecule has 3 aromatic rings. The summed E-state index contributed by atoms with van der Waals surface area (Å²) in [6.07, 6.45) is 5.20. The van der Waals surface area contributed by atoms with E-state index in [0.29, 0.717) is 27.6 Å². The standard InChI is InChI=1S/C15H17ClN8/c1-15(17)3-6-24(7-4-15)10-8-18-12-11(21-23-14(12)20-10)9-2-5-19-22-13(9)16/h2,5,8H,3-4,6-7,17H2,1H3,(H,20,21,23). The van der Waals surface area contributed by atoms with Gasteiger partial charge in [-0.1, -0.05) is 11.6 Å². The highest BCUT2D eigenvalue weighted by Gasteiger charge is 2.27. The molecule has 0 radical (unpaired) electrons. The summed E-state index contributed by atoms with van der Waals surface area (Å²) in [6, 6.07) is 1.77. The molecule has 9 heteroatoms. The Hall–Kier alpha value is -2.32. The molecule has 3 aromatic heterocycles. The minimum atomic E-state index is -0.0986. The van der Waals surface area contributed by atoms with E-state index in [1.54, 1.807) is 18.5 Å². The van der Waals surface area contributed by atoms with E-state index >= 15 is 0 Å². The number of hydrogen-bond acceptors (Lipinski definition) is 7. The number of fused-ring (bicyclic) bond motifs is 1. The van der Waals surface area contributed by atoms with Crippen molar-refractivity contribution < 1.29 is 0 Å². The van der Waals surface area contributed by atoms with Crippen LogP contribution >= 0.6 is 11.6 Å². The molecule has 0 atom stereocenters. The quantitative estimate of drug-likeness (QED) is 0.729. The number of H-pyrrole nitrogens is 1. The summed E-state index contributed by atoms with van der Waals surface area (Å²) in [5.74, 6) is 0.815. The van der Waals surface area contributed by atoms with Crippen LogP contribution in [0.5, 0.6) is 0 Å². The third-order valence-corrected chi connectivity index (χ3v) is 4.71. The Morgan fingerprint density at radius 1 is 1.33 bits per heavy atom. The smallest absolute Gasteiger partial charge is 0.202 e. The second kappa shape index (κ2) is 5.64. The summed E-state index contributed by atoms with van der Waals surface area (Å²) in [5, 5.41) is 15.1. The van der Waals surface area contributed by atoms with Crippen LogP contribution in [0.15, 0.2) is 18.5 Å². The molecule has 4 heterocycles. The van der Waals surface area contributed by atoms with Gasteiger partial charge in [-0.05, 0) is 25.8 Å². The number of piperidine rings is 1. The van der Waals surface area contributed by atoms with Crippen LogP contribution in [0.25, 0.3) is 22.4 Å². The van der Waals surface area contributed by atoms with Crippen LogP contribution in [-0.4, -0.2) is 49.0 Å². The van der Waals surface area contributed by atoms with Crippen molar-refractivity contribution in [2.75, 3.05) is 18.0 Å². The Kier molecular flexibility index (Phi) is 3.58. The maximum absolute atomic E-state index is 6.19. The number of nitrogens with one attached hydrogen (secondary N) is 1. The molecule has 0 amide bonds. The summed E-state index contributed by atoms with van der Waals surface area (Å²) < 4.78 is 0. The topological polar surface area (TPSA) is 110 Å². The van der Waals surface area contributed by atoms with Gasteiger partial charge in [-0.3, -0.25) is 5.10 Å². The van der Waals surface area contributed by atoms with Crippen molar-refractivity contribution in [1.82, 2.24) is 30.4 Å². The monoisotopic (exact) mass is 344 g/mol. The van der Waals surface area contributed by atoms with Gasteiger partial charge in [0.05, 0.1) is 18.1 Å². The van der Waals surface area contributed by atoms with E-state index < -0.39 is 0 Å². The molecule has 0 spiro atoms. The second-order valence-electron chi connectivity index (χ2n) is 6.38. The lowest BCUT2D eigenvalue weighted by atomic mass is 9.91. The lowest BCUT2D eigenvalue weighted by Crippen LogP contribution is -2.48. The van der Waals surface area contributed by atoms with E-state index in [2.05, 4.69) is 42.2 Å². The first-order valence-electron chi connectivity index (χ1n) is 7.76. The number of aromatic amines is 1. The molecule has 1 aliphatic heterocycles. The number of hydrogen-bond donors (Lipinski definition) is 2. The van der Waals surface area contributed by atoms with Crippen LogP contribution in [-0.2, 0) is 0 Å². The third-order valence-electron chi connectivity index (χ3n) is 4.43. The normalized spacial score (nSPS) is 17.4. The zero-order valence-corrected chi connectivity index (χ0v) is 14.0. The Labute approximate surface area is 143 Å². The molecule has 0 bridgehead atoms. The van der Waals surface area contributed by atoms with Crippen LogP contribution in [0.1, 0.15) is 19.8 Å². The molecule has 4 rings (SSSR count). The molecular weight excluding hydrogens is 328 g/mol. The van der Waals surface area contributed by atoms with E-state index in [1.807, 2.05) is 0 Å². The van der Waals surface area contributed by atoms with Crippen molar-refractivity contribution in [2.24, 2.45) is 5.73 Å². The predicted molar refractivity (Wildman–Crippen MR) is 91.8 cm³/mol. The Balaban J connectivity index is 1.68. The maximum Gasteiger partial charge on any atom is 0.202 e. The van der Waals surface area contributed by atoms with Gasteiger partial charge in [-0.25, -0.2) is 9.97 Å². The molecule has 1 aliphatic rings. The summed E-state index contributed by atoms with van der Waals surface area (Å²) >= 11 is 6.11. The Morgan fingerprint density at radius 2 is 2.12 bits per heavy atom. The summed E-state index contributed by atoms with van der Waals surface area (Å²) in [4.78, 5) is 11.3. The molecule has 8 nitrogen and oxygen atoms in total. The Bertz CT molecular complexity index is 880. The number of nitrogens with zero attached hydrogens (tertiary/aromatic N) is 6. The van der Waals surface area contributed by atoms with Gasteiger partial charge >= 0.3 is 0 Å². The van der Waals surface area contributed by atoms with Gasteiger partial charge in [0.1, 0.15) is 11.3 Å². The molecule has 124 valence electrons. The van der Waals surface area contributed by atoms with Gasteiger partial charge < -0.3 is 10.6 Å². The van der Waals surface area contributed by atoms with E-state index in [9.17, 15) is 0 Å². The number of aromatic nitrogens is 6. The minimum Gasteiger partial charge on any atom is -0.355 e. The molecule has 0 unspecified atom stereocenters. The van der Waals surface area contributed by atoms with Crippen molar-refractivity contribution in [2.45, 2.75) is 25.3 Å². The molecule has 1 fully saturated rings. The van der Waals surface area contributed by atoms with Crippen molar-refractivity contribution in [1.29, 1.82) is 0 Å². The van der Waals surface area contributed by atoms with Crippen molar-refractivity contribution in [3.05, 3.63) is 23.6 Å². The molecule has 0 aliphatic carbocycles. The van der Waals surface area contributed by atoms with Gasteiger partial charge in [0, 0.05) is 24.2 Å². The first-order valence-corrected chi connectivity index (χ1v) is 8.14. The first kappa shape index (κ1) is 15.2. The van der Waals surface area contributed by atoms with Gasteiger partial charge in [-0.2, -0.15) is 10.2 Å².